The van der Waals surface area contributed by atoms with Gasteiger partial charge in [-0.25, -0.2) is 0 Å². The molecule has 15 heavy (non-hydrogen) atoms. The lowest BCUT2D eigenvalue weighted by molar-refractivity contribution is 0.181. The molecule has 0 spiro atoms. The fraction of sp³-hybridized carbons (Fsp3) is 0.500. The Morgan fingerprint density at radius 1 is 1.33 bits per heavy atom. The normalized spacial score (nSPS) is 12.5. The molecule has 0 bridgehead atoms. The first-order valence-electron chi connectivity index (χ1n) is 5.08. The summed E-state index contributed by atoms with van der Waals surface area (Å²) in [5.74, 6) is 1.23. The quantitative estimate of drug-likeness (QED) is 0.805. The molecule has 1 aromatic rings. The summed E-state index contributed by atoms with van der Waals surface area (Å²) < 4.78 is 10.4. The predicted molar refractivity (Wildman–Crippen MR) is 61.2 cm³/mol. The smallest absolute Gasteiger partial charge is 0.124 e. The summed E-state index contributed by atoms with van der Waals surface area (Å²) in [5, 5.41) is 0. The Bertz CT molecular complexity index is 312. The SMILES string of the molecule is COCc1cc(C(C)CN)ccc1OC. The summed E-state index contributed by atoms with van der Waals surface area (Å²) in [5.41, 5.74) is 7.93. The topological polar surface area (TPSA) is 44.5 Å². The van der Waals surface area contributed by atoms with Crippen LogP contribution in [0.25, 0.3) is 0 Å². The van der Waals surface area contributed by atoms with Crippen molar-refractivity contribution in [3.05, 3.63) is 29.3 Å². The number of ether oxygens (including phenoxy) is 2. The zero-order valence-electron chi connectivity index (χ0n) is 9.62. The molecule has 2 N–H and O–H groups in total. The molecule has 0 heterocycles. The van der Waals surface area contributed by atoms with E-state index in [0.29, 0.717) is 19.1 Å². The minimum absolute atomic E-state index is 0.367. The maximum absolute atomic E-state index is 5.64. The van der Waals surface area contributed by atoms with Gasteiger partial charge >= 0.3 is 0 Å². The molecule has 1 atom stereocenters. The first kappa shape index (κ1) is 12.0. The van der Waals surface area contributed by atoms with Crippen LogP contribution in [0.1, 0.15) is 24.0 Å². The second-order valence-corrected chi connectivity index (χ2v) is 3.64. The van der Waals surface area contributed by atoms with Crippen molar-refractivity contribution >= 4 is 0 Å². The first-order chi connectivity index (χ1) is 7.22. The molecule has 84 valence electrons. The molecular formula is C12H19NO2. The van der Waals surface area contributed by atoms with Crippen molar-refractivity contribution in [2.75, 3.05) is 20.8 Å². The van der Waals surface area contributed by atoms with E-state index < -0.39 is 0 Å². The molecule has 0 aromatic heterocycles. The minimum Gasteiger partial charge on any atom is -0.496 e. The maximum atomic E-state index is 5.64. The average molecular weight is 209 g/mol. The number of hydrogen-bond donors (Lipinski definition) is 1. The van der Waals surface area contributed by atoms with E-state index in [-0.39, 0.29) is 0 Å². The van der Waals surface area contributed by atoms with Gasteiger partial charge in [-0.2, -0.15) is 0 Å². The summed E-state index contributed by atoms with van der Waals surface area (Å²) >= 11 is 0. The van der Waals surface area contributed by atoms with Gasteiger partial charge in [-0.15, -0.1) is 0 Å². The Labute approximate surface area is 91.2 Å². The molecule has 1 rings (SSSR count). The first-order valence-corrected chi connectivity index (χ1v) is 5.08. The van der Waals surface area contributed by atoms with Crippen LogP contribution in [-0.4, -0.2) is 20.8 Å². The van der Waals surface area contributed by atoms with Crippen molar-refractivity contribution < 1.29 is 9.47 Å². The van der Waals surface area contributed by atoms with E-state index in [0.717, 1.165) is 11.3 Å². The molecule has 0 radical (unpaired) electrons. The molecule has 1 unspecified atom stereocenters. The molecule has 3 nitrogen and oxygen atoms in total. The van der Waals surface area contributed by atoms with Crippen LogP contribution in [0.3, 0.4) is 0 Å². The van der Waals surface area contributed by atoms with E-state index in [4.69, 9.17) is 15.2 Å². The van der Waals surface area contributed by atoms with E-state index in [2.05, 4.69) is 19.1 Å². The summed E-state index contributed by atoms with van der Waals surface area (Å²) in [4.78, 5) is 0. The second-order valence-electron chi connectivity index (χ2n) is 3.64. The van der Waals surface area contributed by atoms with Crippen LogP contribution >= 0.6 is 0 Å². The molecular weight excluding hydrogens is 190 g/mol. The van der Waals surface area contributed by atoms with Crippen molar-refractivity contribution in [3.8, 4) is 5.75 Å². The Kier molecular flexibility index (Phi) is 4.59. The minimum atomic E-state index is 0.367. The van der Waals surface area contributed by atoms with Crippen LogP contribution in [-0.2, 0) is 11.3 Å². The van der Waals surface area contributed by atoms with Gasteiger partial charge in [0.2, 0.25) is 0 Å². The van der Waals surface area contributed by atoms with Crippen LogP contribution in [0.2, 0.25) is 0 Å². The lowest BCUT2D eigenvalue weighted by Gasteiger charge is -2.13. The highest BCUT2D eigenvalue weighted by molar-refractivity contribution is 5.38. The molecule has 1 aromatic carbocycles. The molecule has 0 amide bonds. The third-order valence-corrected chi connectivity index (χ3v) is 2.53. The largest absolute Gasteiger partial charge is 0.496 e. The average Bonchev–Trinajstić information content (AvgIpc) is 2.28. The van der Waals surface area contributed by atoms with E-state index in [1.54, 1.807) is 14.2 Å². The van der Waals surface area contributed by atoms with E-state index in [1.807, 2.05) is 6.07 Å². The third kappa shape index (κ3) is 2.94. The Balaban J connectivity index is 2.98. The molecule has 0 aliphatic heterocycles. The van der Waals surface area contributed by atoms with Gasteiger partial charge in [-0.1, -0.05) is 13.0 Å². The fourth-order valence-electron chi connectivity index (χ4n) is 1.51. The molecule has 3 heteroatoms. The van der Waals surface area contributed by atoms with Crippen molar-refractivity contribution in [3.63, 3.8) is 0 Å². The van der Waals surface area contributed by atoms with Crippen molar-refractivity contribution in [2.24, 2.45) is 5.73 Å². The van der Waals surface area contributed by atoms with E-state index in [9.17, 15) is 0 Å². The summed E-state index contributed by atoms with van der Waals surface area (Å²) in [6, 6.07) is 6.12. The van der Waals surface area contributed by atoms with Gasteiger partial charge < -0.3 is 15.2 Å². The predicted octanol–water partition coefficient (Wildman–Crippen LogP) is 1.90. The number of methoxy groups -OCH3 is 2. The van der Waals surface area contributed by atoms with Crippen LogP contribution in [0.5, 0.6) is 5.75 Å². The number of nitrogens with two attached hydrogens (primary N) is 1. The van der Waals surface area contributed by atoms with Gasteiger partial charge in [0.1, 0.15) is 5.75 Å². The summed E-state index contributed by atoms with van der Waals surface area (Å²) in [6.07, 6.45) is 0. The standard InChI is InChI=1S/C12H19NO2/c1-9(7-13)10-4-5-12(15-3)11(6-10)8-14-2/h4-6,9H,7-8,13H2,1-3H3. The third-order valence-electron chi connectivity index (χ3n) is 2.53. The highest BCUT2D eigenvalue weighted by Crippen LogP contribution is 2.24. The molecule has 0 aliphatic carbocycles. The molecule has 0 aliphatic rings. The van der Waals surface area contributed by atoms with Crippen molar-refractivity contribution in [1.82, 2.24) is 0 Å². The van der Waals surface area contributed by atoms with Gasteiger partial charge in [-0.05, 0) is 30.2 Å². The van der Waals surface area contributed by atoms with Gasteiger partial charge in [0.15, 0.2) is 0 Å². The van der Waals surface area contributed by atoms with Gasteiger partial charge in [0.05, 0.1) is 13.7 Å². The Morgan fingerprint density at radius 3 is 2.60 bits per heavy atom. The highest BCUT2D eigenvalue weighted by Gasteiger charge is 2.08. The van der Waals surface area contributed by atoms with Crippen LogP contribution in [0, 0.1) is 0 Å². The lowest BCUT2D eigenvalue weighted by atomic mass is 9.99. The molecule has 0 fully saturated rings. The zero-order valence-corrected chi connectivity index (χ0v) is 9.62. The second kappa shape index (κ2) is 5.73. The van der Waals surface area contributed by atoms with Crippen LogP contribution < -0.4 is 10.5 Å². The van der Waals surface area contributed by atoms with E-state index in [1.165, 1.54) is 5.56 Å². The molecule has 0 saturated carbocycles. The maximum Gasteiger partial charge on any atom is 0.124 e. The highest BCUT2D eigenvalue weighted by atomic mass is 16.5. The van der Waals surface area contributed by atoms with Crippen LogP contribution in [0.4, 0.5) is 0 Å². The Morgan fingerprint density at radius 2 is 2.07 bits per heavy atom. The van der Waals surface area contributed by atoms with Gasteiger partial charge in [0.25, 0.3) is 0 Å². The number of hydrogen-bond acceptors (Lipinski definition) is 3. The fourth-order valence-corrected chi connectivity index (χ4v) is 1.51. The number of benzene rings is 1. The number of rotatable bonds is 5. The van der Waals surface area contributed by atoms with Crippen LogP contribution in [0.15, 0.2) is 18.2 Å². The monoisotopic (exact) mass is 209 g/mol. The summed E-state index contributed by atoms with van der Waals surface area (Å²) in [7, 11) is 3.35. The lowest BCUT2D eigenvalue weighted by Crippen LogP contribution is -2.09. The van der Waals surface area contributed by atoms with Gasteiger partial charge in [0, 0.05) is 12.7 Å². The Hall–Kier alpha value is -1.06. The van der Waals surface area contributed by atoms with Gasteiger partial charge in [-0.3, -0.25) is 0 Å². The zero-order chi connectivity index (χ0) is 11.3. The van der Waals surface area contributed by atoms with Crippen molar-refractivity contribution in [2.45, 2.75) is 19.4 Å². The van der Waals surface area contributed by atoms with Crippen molar-refractivity contribution in [1.29, 1.82) is 0 Å². The van der Waals surface area contributed by atoms with E-state index >= 15 is 0 Å². The summed E-state index contributed by atoms with van der Waals surface area (Å²) in [6.45, 7) is 3.32. The molecule has 0 saturated heterocycles.